The Hall–Kier alpha value is -1.04. The lowest BCUT2D eigenvalue weighted by atomic mass is 9.81. The minimum Gasteiger partial charge on any atom is -0.0744 e. The van der Waals surface area contributed by atoms with Crippen molar-refractivity contribution < 1.29 is 0 Å². The maximum atomic E-state index is 2.38. The molecule has 2 atom stereocenters. The number of hydrogen-bond acceptors (Lipinski definition) is 0. The van der Waals surface area contributed by atoms with Gasteiger partial charge in [0.05, 0.1) is 0 Å². The highest BCUT2D eigenvalue weighted by Crippen LogP contribution is 2.33. The van der Waals surface area contributed by atoms with Crippen molar-refractivity contribution in [2.24, 2.45) is 5.92 Å². The summed E-state index contributed by atoms with van der Waals surface area (Å²) in [6.45, 7) is 9.18. The van der Waals surface area contributed by atoms with Crippen LogP contribution in [0.4, 0.5) is 0 Å². The minimum absolute atomic E-state index is 0.706. The number of aryl methyl sites for hydroxylation is 1. The molecule has 0 aromatic heterocycles. The van der Waals surface area contributed by atoms with Gasteiger partial charge in [-0.25, -0.2) is 0 Å². The Labute approximate surface area is 125 Å². The Morgan fingerprint density at radius 2 is 1.75 bits per heavy atom. The van der Waals surface area contributed by atoms with E-state index in [2.05, 4.69) is 52.0 Å². The van der Waals surface area contributed by atoms with Crippen LogP contribution in [-0.4, -0.2) is 0 Å². The summed E-state index contributed by atoms with van der Waals surface area (Å²) >= 11 is 0. The van der Waals surface area contributed by atoms with Gasteiger partial charge < -0.3 is 0 Å². The van der Waals surface area contributed by atoms with E-state index in [1.54, 1.807) is 11.1 Å². The van der Waals surface area contributed by atoms with Gasteiger partial charge in [0.25, 0.3) is 0 Å². The standard InChI is InChI=1S/C20H30/c1-15-8-12-20(13-9-15)17(3)6-5-7-19-11-10-16(2)18(4)14-19/h8-9,12-13,17,19H,5-7,10-11,14H2,1-4H3/t17-,19-/m1/s1. The zero-order chi connectivity index (χ0) is 14.5. The van der Waals surface area contributed by atoms with E-state index < -0.39 is 0 Å². The monoisotopic (exact) mass is 270 g/mol. The second-order valence-electron chi connectivity index (χ2n) is 6.91. The first-order chi connectivity index (χ1) is 9.56. The van der Waals surface area contributed by atoms with Gasteiger partial charge in [-0.3, -0.25) is 0 Å². The van der Waals surface area contributed by atoms with E-state index in [9.17, 15) is 0 Å². The van der Waals surface area contributed by atoms with Gasteiger partial charge in [-0.15, -0.1) is 0 Å². The molecule has 0 heterocycles. The third kappa shape index (κ3) is 4.23. The van der Waals surface area contributed by atoms with Crippen LogP contribution in [0.1, 0.15) is 76.3 Å². The summed E-state index contributed by atoms with van der Waals surface area (Å²) in [7, 11) is 0. The summed E-state index contributed by atoms with van der Waals surface area (Å²) in [5.74, 6) is 1.65. The minimum atomic E-state index is 0.706. The van der Waals surface area contributed by atoms with Crippen molar-refractivity contribution in [1.82, 2.24) is 0 Å². The molecule has 0 unspecified atom stereocenters. The van der Waals surface area contributed by atoms with Crippen molar-refractivity contribution in [2.45, 2.75) is 72.1 Å². The molecule has 110 valence electrons. The first-order valence-electron chi connectivity index (χ1n) is 8.28. The molecule has 0 bridgehead atoms. The van der Waals surface area contributed by atoms with Crippen LogP contribution >= 0.6 is 0 Å². The second kappa shape index (κ2) is 7.11. The Bertz CT molecular complexity index is 449. The van der Waals surface area contributed by atoms with Crippen molar-refractivity contribution in [3.05, 3.63) is 46.5 Å². The lowest BCUT2D eigenvalue weighted by Gasteiger charge is -2.24. The number of benzene rings is 1. The van der Waals surface area contributed by atoms with Crippen LogP contribution in [0.15, 0.2) is 35.4 Å². The molecule has 0 nitrogen and oxygen atoms in total. The fourth-order valence-corrected chi connectivity index (χ4v) is 3.36. The Morgan fingerprint density at radius 1 is 1.05 bits per heavy atom. The average Bonchev–Trinajstić information content (AvgIpc) is 2.43. The molecule has 0 saturated carbocycles. The molecule has 0 heteroatoms. The second-order valence-corrected chi connectivity index (χ2v) is 6.91. The first kappa shape index (κ1) is 15.4. The van der Waals surface area contributed by atoms with Crippen LogP contribution in [0.5, 0.6) is 0 Å². The van der Waals surface area contributed by atoms with Crippen molar-refractivity contribution in [3.8, 4) is 0 Å². The topological polar surface area (TPSA) is 0 Å². The summed E-state index contributed by atoms with van der Waals surface area (Å²) in [6.07, 6.45) is 8.24. The van der Waals surface area contributed by atoms with Crippen LogP contribution < -0.4 is 0 Å². The molecule has 0 amide bonds. The average molecular weight is 270 g/mol. The van der Waals surface area contributed by atoms with E-state index in [-0.39, 0.29) is 0 Å². The van der Waals surface area contributed by atoms with E-state index in [0.29, 0.717) is 5.92 Å². The molecule has 1 aliphatic rings. The van der Waals surface area contributed by atoms with Crippen molar-refractivity contribution in [1.29, 1.82) is 0 Å². The van der Waals surface area contributed by atoms with Crippen molar-refractivity contribution in [2.75, 3.05) is 0 Å². The Kier molecular flexibility index (Phi) is 5.46. The van der Waals surface area contributed by atoms with Crippen LogP contribution in [0.2, 0.25) is 0 Å². The Balaban J connectivity index is 1.75. The van der Waals surface area contributed by atoms with Crippen molar-refractivity contribution in [3.63, 3.8) is 0 Å². The maximum Gasteiger partial charge on any atom is -0.0190 e. The lowest BCUT2D eigenvalue weighted by Crippen LogP contribution is -2.08. The zero-order valence-corrected chi connectivity index (χ0v) is 13.7. The molecule has 1 aliphatic carbocycles. The molecule has 1 aromatic rings. The van der Waals surface area contributed by atoms with Crippen LogP contribution in [0.3, 0.4) is 0 Å². The summed E-state index contributed by atoms with van der Waals surface area (Å²) in [5.41, 5.74) is 6.18. The highest BCUT2D eigenvalue weighted by Gasteiger charge is 2.16. The van der Waals surface area contributed by atoms with Gasteiger partial charge in [0, 0.05) is 0 Å². The molecular weight excluding hydrogens is 240 g/mol. The highest BCUT2D eigenvalue weighted by molar-refractivity contribution is 5.24. The SMILES string of the molecule is CC1=C(C)C[C@H](CCC[C@@H](C)c2ccc(C)cc2)CC1. The van der Waals surface area contributed by atoms with E-state index in [1.165, 1.54) is 49.7 Å². The largest absolute Gasteiger partial charge is 0.0744 e. The van der Waals surface area contributed by atoms with E-state index in [0.717, 1.165) is 5.92 Å². The maximum absolute atomic E-state index is 2.38. The third-order valence-corrected chi connectivity index (χ3v) is 5.15. The molecular formula is C20H30. The van der Waals surface area contributed by atoms with Gasteiger partial charge in [-0.05, 0) is 63.9 Å². The first-order valence-corrected chi connectivity index (χ1v) is 8.28. The fourth-order valence-electron chi connectivity index (χ4n) is 3.36. The van der Waals surface area contributed by atoms with E-state index in [1.807, 2.05) is 0 Å². The molecule has 0 aliphatic heterocycles. The van der Waals surface area contributed by atoms with Gasteiger partial charge in [-0.2, -0.15) is 0 Å². The van der Waals surface area contributed by atoms with Crippen LogP contribution in [0, 0.1) is 12.8 Å². The number of hydrogen-bond donors (Lipinski definition) is 0. The highest BCUT2D eigenvalue weighted by atomic mass is 14.2. The predicted octanol–water partition coefficient (Wildman–Crippen LogP) is 6.41. The van der Waals surface area contributed by atoms with Gasteiger partial charge in [0.2, 0.25) is 0 Å². The quantitative estimate of drug-likeness (QED) is 0.543. The molecule has 1 aromatic carbocycles. The summed E-state index contributed by atoms with van der Waals surface area (Å²) in [6, 6.07) is 9.08. The van der Waals surface area contributed by atoms with E-state index in [4.69, 9.17) is 0 Å². The van der Waals surface area contributed by atoms with Gasteiger partial charge in [-0.1, -0.05) is 60.7 Å². The van der Waals surface area contributed by atoms with Gasteiger partial charge >= 0.3 is 0 Å². The van der Waals surface area contributed by atoms with Gasteiger partial charge in [0.1, 0.15) is 0 Å². The Morgan fingerprint density at radius 3 is 2.40 bits per heavy atom. The molecule has 0 N–H and O–H groups in total. The normalized spacial score (nSPS) is 21.1. The number of allylic oxidation sites excluding steroid dienone is 2. The molecule has 0 spiro atoms. The zero-order valence-electron chi connectivity index (χ0n) is 13.7. The molecule has 0 fully saturated rings. The van der Waals surface area contributed by atoms with Gasteiger partial charge in [0.15, 0.2) is 0 Å². The molecule has 20 heavy (non-hydrogen) atoms. The van der Waals surface area contributed by atoms with E-state index >= 15 is 0 Å². The lowest BCUT2D eigenvalue weighted by molar-refractivity contribution is 0.400. The summed E-state index contributed by atoms with van der Waals surface area (Å²) in [5, 5.41) is 0. The summed E-state index contributed by atoms with van der Waals surface area (Å²) in [4.78, 5) is 0. The van der Waals surface area contributed by atoms with Crippen molar-refractivity contribution >= 4 is 0 Å². The summed E-state index contributed by atoms with van der Waals surface area (Å²) < 4.78 is 0. The predicted molar refractivity (Wildman–Crippen MR) is 89.2 cm³/mol. The van der Waals surface area contributed by atoms with Crippen LogP contribution in [0.25, 0.3) is 0 Å². The smallest absolute Gasteiger partial charge is 0.0190 e. The molecule has 0 radical (unpaired) electrons. The third-order valence-electron chi connectivity index (χ3n) is 5.15. The van der Waals surface area contributed by atoms with Crippen LogP contribution in [-0.2, 0) is 0 Å². The molecule has 0 saturated heterocycles. The number of rotatable bonds is 5. The fraction of sp³-hybridized carbons (Fsp3) is 0.600. The molecule has 2 rings (SSSR count).